The maximum atomic E-state index is 11.1. The summed E-state index contributed by atoms with van der Waals surface area (Å²) < 4.78 is 22.2. The summed E-state index contributed by atoms with van der Waals surface area (Å²) in [5.74, 6) is -0.541. The van der Waals surface area contributed by atoms with Crippen molar-refractivity contribution in [1.29, 1.82) is 0 Å². The molecule has 1 saturated heterocycles. The van der Waals surface area contributed by atoms with Crippen molar-refractivity contribution >= 4 is 16.2 Å². The molecule has 0 aliphatic carbocycles. The molecule has 82 valence electrons. The summed E-state index contributed by atoms with van der Waals surface area (Å²) in [6.07, 6.45) is -0.595. The van der Waals surface area contributed by atoms with Crippen LogP contribution in [0.15, 0.2) is 0 Å². The number of carbonyl (C=O) groups is 1. The highest BCUT2D eigenvalue weighted by Crippen LogP contribution is 2.17. The maximum Gasteiger partial charge on any atom is 0.210 e. The zero-order valence-corrected chi connectivity index (χ0v) is 8.35. The molecule has 1 fully saturated rings. The first-order chi connectivity index (χ1) is 6.50. The maximum absolute atomic E-state index is 11.1. The molecule has 1 aliphatic rings. The van der Waals surface area contributed by atoms with E-state index in [1.54, 1.807) is 0 Å². The summed E-state index contributed by atoms with van der Waals surface area (Å²) in [7, 11) is -3.25. The fourth-order valence-corrected chi connectivity index (χ4v) is 3.35. The van der Waals surface area contributed by atoms with Gasteiger partial charge in [0.1, 0.15) is 0 Å². The quantitative estimate of drug-likeness (QED) is 0.518. The third kappa shape index (κ3) is 2.43. The Hall–Kier alpha value is -0.660. The molecule has 0 radical (unpaired) electrons. The Bertz CT molecular complexity index is 301. The van der Waals surface area contributed by atoms with Gasteiger partial charge in [0.05, 0.1) is 30.3 Å². The molecule has 1 aliphatic heterocycles. The number of rotatable bonds is 4. The van der Waals surface area contributed by atoms with Gasteiger partial charge in [-0.25, -0.2) is 8.42 Å². The number of hydrogen-bond acceptors (Lipinski definition) is 5. The molecule has 0 aromatic rings. The van der Waals surface area contributed by atoms with Gasteiger partial charge < -0.3 is 15.1 Å². The Morgan fingerprint density at radius 2 is 2.07 bits per heavy atom. The number of hydrogen-bond donors (Lipinski definition) is 2. The number of aliphatic hydroxyl groups excluding tert-OH is 2. The van der Waals surface area contributed by atoms with E-state index in [1.807, 2.05) is 0 Å². The highest BCUT2D eigenvalue weighted by atomic mass is 32.2. The average Bonchev–Trinajstić information content (AvgIpc) is 2.35. The number of nitrogens with zero attached hydrogens (tertiary/aromatic N) is 1. The molecule has 1 amide bonds. The van der Waals surface area contributed by atoms with Crippen molar-refractivity contribution in [2.75, 3.05) is 24.7 Å². The number of aliphatic hydroxyl groups is 2. The second-order valence-electron chi connectivity index (χ2n) is 3.28. The summed E-state index contributed by atoms with van der Waals surface area (Å²) >= 11 is 0. The minimum absolute atomic E-state index is 0.0424. The molecule has 0 unspecified atom stereocenters. The van der Waals surface area contributed by atoms with Gasteiger partial charge in [0, 0.05) is 6.54 Å². The molecule has 2 atom stereocenters. The van der Waals surface area contributed by atoms with Crippen LogP contribution in [0, 0.1) is 0 Å². The van der Waals surface area contributed by atoms with E-state index in [-0.39, 0.29) is 24.7 Å². The molecule has 1 heterocycles. The largest absolute Gasteiger partial charge is 0.395 e. The molecule has 7 heteroatoms. The van der Waals surface area contributed by atoms with E-state index in [9.17, 15) is 18.3 Å². The van der Waals surface area contributed by atoms with Crippen LogP contribution >= 0.6 is 0 Å². The monoisotopic (exact) mass is 223 g/mol. The van der Waals surface area contributed by atoms with Crippen LogP contribution in [0.5, 0.6) is 0 Å². The van der Waals surface area contributed by atoms with Crippen LogP contribution in [0.25, 0.3) is 0 Å². The van der Waals surface area contributed by atoms with Gasteiger partial charge in [-0.1, -0.05) is 0 Å². The van der Waals surface area contributed by atoms with Crippen molar-refractivity contribution < 1.29 is 23.4 Å². The highest BCUT2D eigenvalue weighted by Gasteiger charge is 2.39. The van der Waals surface area contributed by atoms with Crippen LogP contribution in [0.4, 0.5) is 0 Å². The standard InChI is InChI=1S/C7H13NO5S/c9-2-1-8(5-10)6-3-14(12,13)4-7(6)11/h5-7,9,11H,1-4H2/t6-,7+/m1/s1. The van der Waals surface area contributed by atoms with Gasteiger partial charge in [-0.2, -0.15) is 0 Å². The first-order valence-corrected chi connectivity index (χ1v) is 6.02. The van der Waals surface area contributed by atoms with E-state index in [1.165, 1.54) is 0 Å². The van der Waals surface area contributed by atoms with Crippen LogP contribution in [0.3, 0.4) is 0 Å². The molecule has 0 aromatic heterocycles. The van der Waals surface area contributed by atoms with E-state index in [2.05, 4.69) is 0 Å². The second kappa shape index (κ2) is 4.24. The lowest BCUT2D eigenvalue weighted by atomic mass is 10.2. The number of amides is 1. The van der Waals surface area contributed by atoms with Gasteiger partial charge in [0.25, 0.3) is 0 Å². The van der Waals surface area contributed by atoms with E-state index >= 15 is 0 Å². The van der Waals surface area contributed by atoms with E-state index in [0.29, 0.717) is 6.41 Å². The molecule has 6 nitrogen and oxygen atoms in total. The summed E-state index contributed by atoms with van der Waals surface area (Å²) in [5, 5.41) is 18.0. The highest BCUT2D eigenvalue weighted by molar-refractivity contribution is 7.91. The molecule has 0 aromatic carbocycles. The van der Waals surface area contributed by atoms with Crippen LogP contribution in [-0.4, -0.2) is 66.7 Å². The van der Waals surface area contributed by atoms with Crippen LogP contribution in [-0.2, 0) is 14.6 Å². The second-order valence-corrected chi connectivity index (χ2v) is 5.43. The normalized spacial score (nSPS) is 30.1. The van der Waals surface area contributed by atoms with Gasteiger partial charge in [-0.05, 0) is 0 Å². The molecule has 0 spiro atoms. The van der Waals surface area contributed by atoms with Gasteiger partial charge in [0.15, 0.2) is 9.84 Å². The summed E-state index contributed by atoms with van der Waals surface area (Å²) in [6, 6.07) is -0.718. The SMILES string of the molecule is O=CN(CCO)[C@@H]1CS(=O)(=O)C[C@@H]1O. The molecule has 2 N–H and O–H groups in total. The number of carbonyl (C=O) groups excluding carboxylic acids is 1. The third-order valence-electron chi connectivity index (χ3n) is 2.21. The Kier molecular flexibility index (Phi) is 3.46. The topological polar surface area (TPSA) is 94.9 Å². The Morgan fingerprint density at radius 3 is 2.43 bits per heavy atom. The van der Waals surface area contributed by atoms with Gasteiger partial charge >= 0.3 is 0 Å². The zero-order chi connectivity index (χ0) is 10.8. The lowest BCUT2D eigenvalue weighted by molar-refractivity contribution is -0.122. The van der Waals surface area contributed by atoms with E-state index < -0.39 is 22.0 Å². The first-order valence-electron chi connectivity index (χ1n) is 4.20. The average molecular weight is 223 g/mol. The van der Waals surface area contributed by atoms with Crippen molar-refractivity contribution in [3.05, 3.63) is 0 Å². The fraction of sp³-hybridized carbons (Fsp3) is 0.857. The lowest BCUT2D eigenvalue weighted by Crippen LogP contribution is -2.43. The molecule has 0 bridgehead atoms. The lowest BCUT2D eigenvalue weighted by Gasteiger charge is -2.25. The zero-order valence-electron chi connectivity index (χ0n) is 7.54. The van der Waals surface area contributed by atoms with Crippen LogP contribution in [0.1, 0.15) is 0 Å². The fourth-order valence-electron chi connectivity index (χ4n) is 1.54. The predicted octanol–water partition coefficient (Wildman–Crippen LogP) is -2.40. The summed E-state index contributed by atoms with van der Waals surface area (Å²) in [6.45, 7) is -0.206. The Morgan fingerprint density at radius 1 is 1.43 bits per heavy atom. The van der Waals surface area contributed by atoms with Crippen molar-refractivity contribution in [3.63, 3.8) is 0 Å². The first kappa shape index (κ1) is 11.4. The van der Waals surface area contributed by atoms with Gasteiger partial charge in [-0.3, -0.25) is 4.79 Å². The van der Waals surface area contributed by atoms with Crippen molar-refractivity contribution in [2.45, 2.75) is 12.1 Å². The number of sulfone groups is 1. The predicted molar refractivity (Wildman–Crippen MR) is 48.3 cm³/mol. The van der Waals surface area contributed by atoms with Crippen LogP contribution in [0.2, 0.25) is 0 Å². The van der Waals surface area contributed by atoms with Gasteiger partial charge in [0.2, 0.25) is 6.41 Å². The Labute approximate surface area is 82.1 Å². The minimum Gasteiger partial charge on any atom is -0.395 e. The van der Waals surface area contributed by atoms with Crippen LogP contribution < -0.4 is 0 Å². The smallest absolute Gasteiger partial charge is 0.210 e. The summed E-state index contributed by atoms with van der Waals surface area (Å²) in [5.41, 5.74) is 0. The van der Waals surface area contributed by atoms with E-state index in [4.69, 9.17) is 5.11 Å². The molecule has 0 saturated carbocycles. The summed E-state index contributed by atoms with van der Waals surface area (Å²) in [4.78, 5) is 11.7. The minimum atomic E-state index is -3.25. The molecular weight excluding hydrogens is 210 g/mol. The Balaban J connectivity index is 2.72. The van der Waals surface area contributed by atoms with Crippen molar-refractivity contribution in [3.8, 4) is 0 Å². The van der Waals surface area contributed by atoms with Gasteiger partial charge in [-0.15, -0.1) is 0 Å². The molecule has 1 rings (SSSR count). The van der Waals surface area contributed by atoms with E-state index in [0.717, 1.165) is 4.90 Å². The van der Waals surface area contributed by atoms with Crippen molar-refractivity contribution in [1.82, 2.24) is 4.90 Å². The third-order valence-corrected chi connectivity index (χ3v) is 3.91. The molecular formula is C7H13NO5S. The molecule has 14 heavy (non-hydrogen) atoms. The van der Waals surface area contributed by atoms with Crippen molar-refractivity contribution in [2.24, 2.45) is 0 Å².